The zero-order valence-corrected chi connectivity index (χ0v) is 12.4. The third kappa shape index (κ3) is 2.45. The monoisotopic (exact) mass is 339 g/mol. The molecule has 2 heterocycles. The number of hydrogen-bond donors (Lipinski definition) is 1. The van der Waals surface area contributed by atoms with E-state index >= 15 is 0 Å². The van der Waals surface area contributed by atoms with Gasteiger partial charge < -0.3 is 4.98 Å². The quantitative estimate of drug-likeness (QED) is 0.787. The number of H-pyrrole nitrogens is 1. The van der Waals surface area contributed by atoms with Crippen LogP contribution in [-0.2, 0) is 17.3 Å². The molecule has 1 atom stereocenters. The molecule has 0 radical (unpaired) electrons. The van der Waals surface area contributed by atoms with Crippen molar-refractivity contribution in [2.24, 2.45) is 0 Å². The Kier molecular flexibility index (Phi) is 3.19. The molecular weight excluding hydrogens is 330 g/mol. The minimum atomic E-state index is -1.16. The van der Waals surface area contributed by atoms with E-state index in [0.29, 0.717) is 11.7 Å². The standard InChI is InChI=1S/C11H10BrN5OS/c1-19(18)11-16-13-6-17(11)5-10-14-8-3-2-7(12)4-9(8)15-10/h2-4,6H,5H2,1H3,(H,14,15)/t19-/m0/s1. The van der Waals surface area contributed by atoms with Crippen LogP contribution in [0.1, 0.15) is 5.82 Å². The fourth-order valence-corrected chi connectivity index (χ4v) is 2.81. The molecule has 0 bridgehead atoms. The topological polar surface area (TPSA) is 76.5 Å². The fourth-order valence-electron chi connectivity index (χ4n) is 1.85. The second-order valence-corrected chi connectivity index (χ2v) is 6.23. The van der Waals surface area contributed by atoms with Crippen LogP contribution in [0, 0.1) is 0 Å². The minimum Gasteiger partial charge on any atom is -0.340 e. The first-order valence-corrected chi connectivity index (χ1v) is 7.84. The molecule has 98 valence electrons. The first-order valence-electron chi connectivity index (χ1n) is 5.49. The Balaban J connectivity index is 1.97. The molecular formula is C11H10BrN5OS. The van der Waals surface area contributed by atoms with E-state index in [9.17, 15) is 4.21 Å². The van der Waals surface area contributed by atoms with Crippen LogP contribution < -0.4 is 0 Å². The highest BCUT2D eigenvalue weighted by atomic mass is 79.9. The molecule has 1 N–H and O–H groups in total. The molecule has 0 unspecified atom stereocenters. The number of halogens is 1. The van der Waals surface area contributed by atoms with Crippen LogP contribution in [0.2, 0.25) is 0 Å². The summed E-state index contributed by atoms with van der Waals surface area (Å²) in [5.74, 6) is 0.777. The second kappa shape index (κ2) is 4.86. The largest absolute Gasteiger partial charge is 0.340 e. The zero-order valence-electron chi connectivity index (χ0n) is 10.00. The van der Waals surface area contributed by atoms with Gasteiger partial charge in [-0.1, -0.05) is 15.9 Å². The van der Waals surface area contributed by atoms with Gasteiger partial charge >= 0.3 is 0 Å². The van der Waals surface area contributed by atoms with Crippen LogP contribution >= 0.6 is 15.9 Å². The second-order valence-electron chi connectivity index (χ2n) is 4.04. The van der Waals surface area contributed by atoms with E-state index in [4.69, 9.17) is 0 Å². The third-order valence-electron chi connectivity index (χ3n) is 2.65. The maximum absolute atomic E-state index is 11.5. The van der Waals surface area contributed by atoms with E-state index in [-0.39, 0.29) is 0 Å². The summed E-state index contributed by atoms with van der Waals surface area (Å²) in [6, 6.07) is 5.85. The molecule has 19 heavy (non-hydrogen) atoms. The summed E-state index contributed by atoms with van der Waals surface area (Å²) in [5, 5.41) is 8.07. The maximum Gasteiger partial charge on any atom is 0.221 e. The molecule has 0 fully saturated rings. The molecule has 0 aliphatic heterocycles. The highest BCUT2D eigenvalue weighted by molar-refractivity contribution is 9.10. The van der Waals surface area contributed by atoms with E-state index in [1.807, 2.05) is 18.2 Å². The summed E-state index contributed by atoms with van der Waals surface area (Å²) in [4.78, 5) is 7.70. The van der Waals surface area contributed by atoms with Crippen molar-refractivity contribution < 1.29 is 4.21 Å². The van der Waals surface area contributed by atoms with Crippen molar-refractivity contribution >= 4 is 37.8 Å². The maximum atomic E-state index is 11.5. The summed E-state index contributed by atoms with van der Waals surface area (Å²) in [6.07, 6.45) is 3.14. The van der Waals surface area contributed by atoms with Crippen molar-refractivity contribution in [1.29, 1.82) is 0 Å². The van der Waals surface area contributed by atoms with Gasteiger partial charge in [-0.2, -0.15) is 0 Å². The lowest BCUT2D eigenvalue weighted by Gasteiger charge is -2.00. The minimum absolute atomic E-state index is 0.446. The Hall–Kier alpha value is -1.54. The number of fused-ring (bicyclic) bond motifs is 1. The predicted molar refractivity (Wildman–Crippen MR) is 75.3 cm³/mol. The molecule has 0 aliphatic rings. The van der Waals surface area contributed by atoms with Gasteiger partial charge in [-0.15, -0.1) is 10.2 Å². The number of aromatic nitrogens is 5. The Bertz CT molecular complexity index is 765. The molecule has 0 aliphatic carbocycles. The lowest BCUT2D eigenvalue weighted by molar-refractivity contribution is 0.644. The van der Waals surface area contributed by atoms with Crippen molar-refractivity contribution in [2.45, 2.75) is 11.7 Å². The fraction of sp³-hybridized carbons (Fsp3) is 0.182. The van der Waals surface area contributed by atoms with Crippen molar-refractivity contribution in [1.82, 2.24) is 24.7 Å². The average Bonchev–Trinajstić information content (AvgIpc) is 2.95. The van der Waals surface area contributed by atoms with E-state index in [1.165, 1.54) is 0 Å². The third-order valence-corrected chi connectivity index (χ3v) is 3.97. The van der Waals surface area contributed by atoms with E-state index in [0.717, 1.165) is 21.3 Å². The van der Waals surface area contributed by atoms with Crippen molar-refractivity contribution in [3.8, 4) is 0 Å². The first-order chi connectivity index (χ1) is 9.13. The van der Waals surface area contributed by atoms with Crippen LogP contribution in [0.4, 0.5) is 0 Å². The van der Waals surface area contributed by atoms with Gasteiger partial charge in [0, 0.05) is 10.7 Å². The van der Waals surface area contributed by atoms with Crippen LogP contribution in [-0.4, -0.2) is 35.2 Å². The van der Waals surface area contributed by atoms with Crippen molar-refractivity contribution in [3.63, 3.8) is 0 Å². The molecule has 0 saturated carbocycles. The summed E-state index contributed by atoms with van der Waals surface area (Å²) in [7, 11) is -1.16. The molecule has 0 spiro atoms. The van der Waals surface area contributed by atoms with Gasteiger partial charge in [-0.25, -0.2) is 4.98 Å². The van der Waals surface area contributed by atoms with Gasteiger partial charge in [-0.05, 0) is 18.2 Å². The summed E-state index contributed by atoms with van der Waals surface area (Å²) in [6.45, 7) is 0.466. The average molecular weight is 340 g/mol. The lowest BCUT2D eigenvalue weighted by Crippen LogP contribution is -2.06. The Labute approximate surface area is 119 Å². The van der Waals surface area contributed by atoms with Gasteiger partial charge in [-0.3, -0.25) is 8.78 Å². The molecule has 2 aromatic heterocycles. The molecule has 0 saturated heterocycles. The molecule has 3 rings (SSSR count). The Morgan fingerprint density at radius 2 is 2.32 bits per heavy atom. The SMILES string of the molecule is C[S@](=O)c1nncn1Cc1nc2ccc(Br)cc2[nH]1. The number of nitrogens with zero attached hydrogens (tertiary/aromatic N) is 4. The highest BCUT2D eigenvalue weighted by Gasteiger charge is 2.10. The molecule has 3 aromatic rings. The van der Waals surface area contributed by atoms with E-state index in [1.54, 1.807) is 17.2 Å². The predicted octanol–water partition coefficient (Wildman–Crippen LogP) is 1.70. The number of hydrogen-bond acceptors (Lipinski definition) is 4. The number of aromatic amines is 1. The number of benzene rings is 1. The smallest absolute Gasteiger partial charge is 0.221 e. The van der Waals surface area contributed by atoms with E-state index in [2.05, 4.69) is 36.1 Å². The molecule has 8 heteroatoms. The number of rotatable bonds is 3. The van der Waals surface area contributed by atoms with Crippen LogP contribution in [0.25, 0.3) is 11.0 Å². The lowest BCUT2D eigenvalue weighted by atomic mass is 10.3. The number of nitrogens with one attached hydrogen (secondary N) is 1. The van der Waals surface area contributed by atoms with Crippen LogP contribution in [0.15, 0.2) is 34.2 Å². The van der Waals surface area contributed by atoms with Gasteiger partial charge in [0.2, 0.25) is 5.16 Å². The van der Waals surface area contributed by atoms with Gasteiger partial charge in [0.05, 0.1) is 28.4 Å². The molecule has 6 nitrogen and oxygen atoms in total. The van der Waals surface area contributed by atoms with Gasteiger partial charge in [0.1, 0.15) is 12.2 Å². The van der Waals surface area contributed by atoms with Crippen molar-refractivity contribution in [3.05, 3.63) is 34.8 Å². The Morgan fingerprint density at radius 1 is 1.47 bits per heavy atom. The molecule has 1 aromatic carbocycles. The highest BCUT2D eigenvalue weighted by Crippen LogP contribution is 2.18. The summed E-state index contributed by atoms with van der Waals surface area (Å²) < 4.78 is 14.2. The van der Waals surface area contributed by atoms with E-state index < -0.39 is 10.8 Å². The molecule has 0 amide bonds. The van der Waals surface area contributed by atoms with Crippen LogP contribution in [0.5, 0.6) is 0 Å². The summed E-state index contributed by atoms with van der Waals surface area (Å²) in [5.41, 5.74) is 1.85. The zero-order chi connectivity index (χ0) is 13.4. The first kappa shape index (κ1) is 12.5. The van der Waals surface area contributed by atoms with Crippen LogP contribution in [0.3, 0.4) is 0 Å². The Morgan fingerprint density at radius 3 is 3.11 bits per heavy atom. The van der Waals surface area contributed by atoms with Gasteiger partial charge in [0.25, 0.3) is 0 Å². The summed E-state index contributed by atoms with van der Waals surface area (Å²) >= 11 is 3.42. The van der Waals surface area contributed by atoms with Gasteiger partial charge in [0.15, 0.2) is 0 Å². The number of imidazole rings is 1. The van der Waals surface area contributed by atoms with Crippen molar-refractivity contribution in [2.75, 3.05) is 6.26 Å². The normalized spacial score (nSPS) is 12.9.